The predicted octanol–water partition coefficient (Wildman–Crippen LogP) is -0.936. The Kier molecular flexibility index (Phi) is 5.72. The van der Waals surface area contributed by atoms with Gasteiger partial charge in [0, 0.05) is 52.7 Å². The van der Waals surface area contributed by atoms with Crippen LogP contribution in [0.5, 0.6) is 0 Å². The molecule has 1 saturated heterocycles. The Bertz CT molecular complexity index is 400. The number of rotatable bonds is 5. The molecule has 1 rings (SSSR count). The number of carbonyl (C=O) groups is 1. The van der Waals surface area contributed by atoms with E-state index < -0.39 is 10.2 Å². The first kappa shape index (κ1) is 16.4. The lowest BCUT2D eigenvalue weighted by Crippen LogP contribution is -2.53. The minimum absolute atomic E-state index is 0.0133. The molecule has 0 aromatic carbocycles. The van der Waals surface area contributed by atoms with Crippen LogP contribution < -0.4 is 5.73 Å². The molecule has 0 aromatic rings. The van der Waals surface area contributed by atoms with Gasteiger partial charge >= 0.3 is 0 Å². The second-order valence-corrected chi connectivity index (χ2v) is 7.23. The summed E-state index contributed by atoms with van der Waals surface area (Å²) in [6.45, 7) is 3.47. The third kappa shape index (κ3) is 4.41. The zero-order chi connectivity index (χ0) is 14.6. The molecule has 0 saturated carbocycles. The van der Waals surface area contributed by atoms with Gasteiger partial charge in [0.25, 0.3) is 10.2 Å². The van der Waals surface area contributed by atoms with E-state index in [1.54, 1.807) is 4.90 Å². The van der Waals surface area contributed by atoms with E-state index in [2.05, 4.69) is 0 Å². The van der Waals surface area contributed by atoms with Crippen molar-refractivity contribution in [3.63, 3.8) is 0 Å². The van der Waals surface area contributed by atoms with Crippen LogP contribution in [0.25, 0.3) is 0 Å². The van der Waals surface area contributed by atoms with Gasteiger partial charge in [-0.25, -0.2) is 0 Å². The highest BCUT2D eigenvalue weighted by atomic mass is 32.2. The lowest BCUT2D eigenvalue weighted by Gasteiger charge is -2.35. The second-order valence-electron chi connectivity index (χ2n) is 5.09. The first-order valence-electron chi connectivity index (χ1n) is 6.46. The maximum Gasteiger partial charge on any atom is 0.281 e. The Morgan fingerprint density at radius 2 is 1.79 bits per heavy atom. The first-order valence-corrected chi connectivity index (χ1v) is 7.85. The van der Waals surface area contributed by atoms with Gasteiger partial charge in [0.2, 0.25) is 5.91 Å². The van der Waals surface area contributed by atoms with Crippen molar-refractivity contribution in [1.29, 1.82) is 0 Å². The molecule has 1 atom stereocenters. The Labute approximate surface area is 115 Å². The number of hydrogen-bond acceptors (Lipinski definition) is 4. The van der Waals surface area contributed by atoms with E-state index in [9.17, 15) is 13.2 Å². The lowest BCUT2D eigenvalue weighted by molar-refractivity contribution is -0.132. The molecule has 0 aliphatic carbocycles. The van der Waals surface area contributed by atoms with Gasteiger partial charge in [0.15, 0.2) is 0 Å². The highest BCUT2D eigenvalue weighted by molar-refractivity contribution is 7.86. The van der Waals surface area contributed by atoms with Crippen LogP contribution in [0.3, 0.4) is 0 Å². The minimum atomic E-state index is -3.37. The van der Waals surface area contributed by atoms with Crippen LogP contribution in [-0.2, 0) is 15.0 Å². The molecule has 0 radical (unpaired) electrons. The summed E-state index contributed by atoms with van der Waals surface area (Å²) in [6, 6.07) is 0.0133. The summed E-state index contributed by atoms with van der Waals surface area (Å²) in [6.07, 6.45) is 1.09. The van der Waals surface area contributed by atoms with Gasteiger partial charge in [-0.1, -0.05) is 0 Å². The smallest absolute Gasteiger partial charge is 0.281 e. The molecule has 7 nitrogen and oxygen atoms in total. The molecule has 1 amide bonds. The van der Waals surface area contributed by atoms with E-state index in [0.717, 1.165) is 0 Å². The number of hydrogen-bond donors (Lipinski definition) is 1. The van der Waals surface area contributed by atoms with Crippen LogP contribution in [-0.4, -0.2) is 74.2 Å². The van der Waals surface area contributed by atoms with E-state index >= 15 is 0 Å². The van der Waals surface area contributed by atoms with E-state index in [4.69, 9.17) is 5.73 Å². The summed E-state index contributed by atoms with van der Waals surface area (Å²) in [4.78, 5) is 13.6. The van der Waals surface area contributed by atoms with Crippen molar-refractivity contribution in [2.24, 2.45) is 5.73 Å². The molecule has 0 bridgehead atoms. The zero-order valence-corrected chi connectivity index (χ0v) is 12.7. The van der Waals surface area contributed by atoms with Gasteiger partial charge in [0.1, 0.15) is 0 Å². The minimum Gasteiger partial charge on any atom is -0.340 e. The zero-order valence-electron chi connectivity index (χ0n) is 11.9. The standard InChI is InChI=1S/C11H24N4O3S/c1-10(12)4-5-11(16)14-6-8-15(9-7-14)19(17,18)13(2)3/h10H,4-9,12H2,1-3H3. The normalized spacial score (nSPS) is 19.7. The Morgan fingerprint density at radius 1 is 1.26 bits per heavy atom. The van der Waals surface area contributed by atoms with Crippen LogP contribution in [0.15, 0.2) is 0 Å². The van der Waals surface area contributed by atoms with Gasteiger partial charge < -0.3 is 10.6 Å². The Balaban J connectivity index is 2.47. The molecule has 1 aliphatic rings. The molecule has 0 aromatic heterocycles. The van der Waals surface area contributed by atoms with Gasteiger partial charge in [-0.15, -0.1) is 0 Å². The maximum atomic E-state index is 11.9. The van der Waals surface area contributed by atoms with E-state index in [0.29, 0.717) is 39.0 Å². The SMILES string of the molecule is CC(N)CCC(=O)N1CCN(S(=O)(=O)N(C)C)CC1. The summed E-state index contributed by atoms with van der Waals surface area (Å²) in [5.74, 6) is 0.0548. The number of amides is 1. The topological polar surface area (TPSA) is 87.0 Å². The summed E-state index contributed by atoms with van der Waals surface area (Å²) in [5, 5.41) is 0. The molecular weight excluding hydrogens is 268 g/mol. The van der Waals surface area contributed by atoms with Crippen molar-refractivity contribution in [1.82, 2.24) is 13.5 Å². The predicted molar refractivity (Wildman–Crippen MR) is 73.6 cm³/mol. The van der Waals surface area contributed by atoms with Crippen molar-refractivity contribution in [2.75, 3.05) is 40.3 Å². The molecule has 1 heterocycles. The van der Waals surface area contributed by atoms with Gasteiger partial charge in [-0.2, -0.15) is 17.0 Å². The largest absolute Gasteiger partial charge is 0.340 e. The van der Waals surface area contributed by atoms with Crippen molar-refractivity contribution < 1.29 is 13.2 Å². The molecule has 0 spiro atoms. The lowest BCUT2D eigenvalue weighted by atomic mass is 10.2. The van der Waals surface area contributed by atoms with Crippen molar-refractivity contribution >= 4 is 16.1 Å². The number of nitrogens with zero attached hydrogens (tertiary/aromatic N) is 3. The highest BCUT2D eigenvalue weighted by Gasteiger charge is 2.29. The summed E-state index contributed by atoms with van der Waals surface area (Å²) >= 11 is 0. The summed E-state index contributed by atoms with van der Waals surface area (Å²) < 4.78 is 26.4. The molecular formula is C11H24N4O3S. The third-order valence-electron chi connectivity index (χ3n) is 3.19. The van der Waals surface area contributed by atoms with E-state index in [1.165, 1.54) is 22.7 Å². The summed E-state index contributed by atoms with van der Waals surface area (Å²) in [5.41, 5.74) is 5.62. The van der Waals surface area contributed by atoms with E-state index in [-0.39, 0.29) is 11.9 Å². The monoisotopic (exact) mass is 292 g/mol. The second kappa shape index (κ2) is 6.65. The van der Waals surface area contributed by atoms with Crippen LogP contribution >= 0.6 is 0 Å². The highest BCUT2D eigenvalue weighted by Crippen LogP contribution is 2.11. The average Bonchev–Trinajstić information content (AvgIpc) is 2.35. The molecule has 1 fully saturated rings. The number of nitrogens with two attached hydrogens (primary N) is 1. The molecule has 112 valence electrons. The fourth-order valence-corrected chi connectivity index (χ4v) is 3.00. The van der Waals surface area contributed by atoms with Crippen LogP contribution in [0.2, 0.25) is 0 Å². The molecule has 8 heteroatoms. The van der Waals surface area contributed by atoms with Crippen LogP contribution in [0, 0.1) is 0 Å². The van der Waals surface area contributed by atoms with Crippen LogP contribution in [0.4, 0.5) is 0 Å². The summed E-state index contributed by atoms with van der Waals surface area (Å²) in [7, 11) is -0.347. The quantitative estimate of drug-likeness (QED) is 0.709. The molecule has 1 aliphatic heterocycles. The molecule has 2 N–H and O–H groups in total. The Morgan fingerprint density at radius 3 is 2.21 bits per heavy atom. The van der Waals surface area contributed by atoms with E-state index in [1.807, 2.05) is 6.92 Å². The average molecular weight is 292 g/mol. The molecule has 1 unspecified atom stereocenters. The van der Waals surface area contributed by atoms with Crippen molar-refractivity contribution in [2.45, 2.75) is 25.8 Å². The molecule has 19 heavy (non-hydrogen) atoms. The van der Waals surface area contributed by atoms with Crippen molar-refractivity contribution in [3.8, 4) is 0 Å². The third-order valence-corrected chi connectivity index (χ3v) is 5.13. The van der Waals surface area contributed by atoms with Gasteiger partial charge in [-0.05, 0) is 13.3 Å². The van der Waals surface area contributed by atoms with Crippen molar-refractivity contribution in [3.05, 3.63) is 0 Å². The number of carbonyl (C=O) groups excluding carboxylic acids is 1. The van der Waals surface area contributed by atoms with Gasteiger partial charge in [-0.3, -0.25) is 4.79 Å². The first-order chi connectivity index (χ1) is 8.75. The Hall–Kier alpha value is -0.700. The van der Waals surface area contributed by atoms with Gasteiger partial charge in [0.05, 0.1) is 0 Å². The van der Waals surface area contributed by atoms with Crippen LogP contribution in [0.1, 0.15) is 19.8 Å². The number of piperazine rings is 1. The fourth-order valence-electron chi connectivity index (χ4n) is 1.91. The fraction of sp³-hybridized carbons (Fsp3) is 0.909. The maximum absolute atomic E-state index is 11.9.